The van der Waals surface area contributed by atoms with Crippen LogP contribution in [-0.2, 0) is 4.79 Å². The fourth-order valence-corrected chi connectivity index (χ4v) is 5.03. The van der Waals surface area contributed by atoms with Gasteiger partial charge in [-0.05, 0) is 29.5 Å². The van der Waals surface area contributed by atoms with Crippen molar-refractivity contribution in [1.82, 2.24) is 15.0 Å². The zero-order valence-electron chi connectivity index (χ0n) is 17.2. The molecule has 3 atom stereocenters. The van der Waals surface area contributed by atoms with Gasteiger partial charge in [0.15, 0.2) is 5.16 Å². The molecular formula is C22H26N4O2S. The fraction of sp³-hybridized carbons (Fsp3) is 0.455. The standard InChI is InChI=1S/C22H26N4O2S/c1-5-12(2)29-21-25-19-18(20(28)26-21)16(13-6-8-23-9-7-13)17-14(24-19)10-22(3,4)11-15(17)27/h6-10,12,16-17H,5,11H2,1-4H3,(H2,24,25,26,28)/t12-,16+,17+/m0/s1. The van der Waals surface area contributed by atoms with Crippen LogP contribution < -0.4 is 10.9 Å². The van der Waals surface area contributed by atoms with Gasteiger partial charge in [-0.15, -0.1) is 0 Å². The van der Waals surface area contributed by atoms with Crippen molar-refractivity contribution in [3.63, 3.8) is 0 Å². The molecule has 3 heterocycles. The number of rotatable bonds is 4. The number of nitrogens with zero attached hydrogens (tertiary/aromatic N) is 2. The number of thioether (sulfide) groups is 1. The molecule has 1 aliphatic heterocycles. The minimum absolute atomic E-state index is 0.143. The summed E-state index contributed by atoms with van der Waals surface area (Å²) in [6.45, 7) is 8.33. The normalized spacial score (nSPS) is 23.4. The number of carbonyl (C=O) groups excluding carboxylic acids is 1. The van der Waals surface area contributed by atoms with E-state index >= 15 is 0 Å². The van der Waals surface area contributed by atoms with Gasteiger partial charge in [-0.3, -0.25) is 14.6 Å². The number of ketones is 1. The average molecular weight is 411 g/mol. The summed E-state index contributed by atoms with van der Waals surface area (Å²) < 4.78 is 0. The summed E-state index contributed by atoms with van der Waals surface area (Å²) in [5.74, 6) is -0.0869. The third kappa shape index (κ3) is 3.75. The van der Waals surface area contributed by atoms with Crippen molar-refractivity contribution in [2.75, 3.05) is 5.32 Å². The summed E-state index contributed by atoms with van der Waals surface area (Å²) in [7, 11) is 0. The molecule has 0 fully saturated rings. The Labute approximate surface area is 174 Å². The first-order valence-corrected chi connectivity index (χ1v) is 10.9. The Morgan fingerprint density at radius 1 is 1.24 bits per heavy atom. The summed E-state index contributed by atoms with van der Waals surface area (Å²) in [5.41, 5.74) is 1.86. The molecule has 2 aromatic heterocycles. The minimum Gasteiger partial charge on any atom is -0.343 e. The Balaban J connectivity index is 1.90. The number of aromatic nitrogens is 3. The smallest absolute Gasteiger partial charge is 0.257 e. The predicted octanol–water partition coefficient (Wildman–Crippen LogP) is 4.11. The Morgan fingerprint density at radius 2 is 1.97 bits per heavy atom. The lowest BCUT2D eigenvalue weighted by atomic mass is 9.67. The lowest BCUT2D eigenvalue weighted by Crippen LogP contribution is -2.41. The van der Waals surface area contributed by atoms with E-state index in [1.807, 2.05) is 12.1 Å². The maximum absolute atomic E-state index is 13.2. The Bertz CT molecular complexity index is 1030. The first-order valence-electron chi connectivity index (χ1n) is 10.0. The van der Waals surface area contributed by atoms with Gasteiger partial charge in [0.05, 0.1) is 11.5 Å². The molecule has 2 aliphatic rings. The van der Waals surface area contributed by atoms with Crippen LogP contribution in [0, 0.1) is 11.3 Å². The first-order chi connectivity index (χ1) is 13.8. The molecule has 7 heteroatoms. The van der Waals surface area contributed by atoms with Crippen molar-refractivity contribution in [2.45, 2.75) is 56.9 Å². The molecular weight excluding hydrogens is 384 g/mol. The van der Waals surface area contributed by atoms with Gasteiger partial charge in [-0.2, -0.15) is 0 Å². The quantitative estimate of drug-likeness (QED) is 0.582. The highest BCUT2D eigenvalue weighted by Gasteiger charge is 2.45. The SMILES string of the molecule is CC[C@H](C)Sc1nc2c(c(=O)[nH]1)[C@H](c1ccncc1)[C@H]1C(=O)CC(C)(C)C=C1N2. The van der Waals surface area contributed by atoms with Crippen LogP contribution in [0.5, 0.6) is 0 Å². The largest absolute Gasteiger partial charge is 0.343 e. The molecule has 0 bridgehead atoms. The van der Waals surface area contributed by atoms with Gasteiger partial charge in [-0.1, -0.05) is 45.5 Å². The van der Waals surface area contributed by atoms with Crippen LogP contribution in [0.2, 0.25) is 0 Å². The minimum atomic E-state index is -0.408. The van der Waals surface area contributed by atoms with Crippen LogP contribution in [0.25, 0.3) is 0 Å². The third-order valence-corrected chi connectivity index (χ3v) is 6.80. The lowest BCUT2D eigenvalue weighted by molar-refractivity contribution is -0.124. The molecule has 29 heavy (non-hydrogen) atoms. The van der Waals surface area contributed by atoms with Crippen molar-refractivity contribution >= 4 is 23.4 Å². The maximum Gasteiger partial charge on any atom is 0.257 e. The molecule has 0 aromatic carbocycles. The van der Waals surface area contributed by atoms with Crippen molar-refractivity contribution < 1.29 is 4.79 Å². The van der Waals surface area contributed by atoms with E-state index in [4.69, 9.17) is 4.98 Å². The number of H-pyrrole nitrogens is 1. The molecule has 0 radical (unpaired) electrons. The summed E-state index contributed by atoms with van der Waals surface area (Å²) in [4.78, 5) is 38.1. The predicted molar refractivity (Wildman–Crippen MR) is 115 cm³/mol. The fourth-order valence-electron chi connectivity index (χ4n) is 4.18. The lowest BCUT2D eigenvalue weighted by Gasteiger charge is -2.40. The second kappa shape index (κ2) is 7.44. The monoisotopic (exact) mass is 410 g/mol. The summed E-state index contributed by atoms with van der Waals surface area (Å²) in [6, 6.07) is 3.76. The molecule has 0 unspecified atom stereocenters. The van der Waals surface area contributed by atoms with E-state index in [-0.39, 0.29) is 22.7 Å². The van der Waals surface area contributed by atoms with Crippen molar-refractivity contribution in [1.29, 1.82) is 0 Å². The molecule has 0 amide bonds. The van der Waals surface area contributed by atoms with E-state index in [1.54, 1.807) is 24.2 Å². The number of anilines is 1. The van der Waals surface area contributed by atoms with Crippen molar-refractivity contribution in [3.8, 4) is 0 Å². The molecule has 0 spiro atoms. The van der Waals surface area contributed by atoms with Gasteiger partial charge in [-0.25, -0.2) is 4.98 Å². The van der Waals surface area contributed by atoms with E-state index < -0.39 is 5.92 Å². The highest BCUT2D eigenvalue weighted by atomic mass is 32.2. The Kier molecular flexibility index (Phi) is 5.11. The summed E-state index contributed by atoms with van der Waals surface area (Å²) in [6.07, 6.45) is 6.96. The van der Waals surface area contributed by atoms with Gasteiger partial charge in [0.25, 0.3) is 5.56 Å². The first kappa shape index (κ1) is 19.9. The van der Waals surface area contributed by atoms with Crippen LogP contribution in [0.15, 0.2) is 46.3 Å². The number of pyridine rings is 1. The van der Waals surface area contributed by atoms with E-state index in [9.17, 15) is 9.59 Å². The van der Waals surface area contributed by atoms with E-state index in [0.717, 1.165) is 17.7 Å². The van der Waals surface area contributed by atoms with E-state index in [2.05, 4.69) is 49.1 Å². The highest BCUT2D eigenvalue weighted by molar-refractivity contribution is 7.99. The maximum atomic E-state index is 13.2. The van der Waals surface area contributed by atoms with E-state index in [1.165, 1.54) is 0 Å². The molecule has 0 saturated carbocycles. The summed E-state index contributed by atoms with van der Waals surface area (Å²) in [5, 5.41) is 4.28. The number of hydrogen-bond acceptors (Lipinski definition) is 6. The molecule has 2 N–H and O–H groups in total. The van der Waals surface area contributed by atoms with Crippen molar-refractivity contribution in [3.05, 3.63) is 57.8 Å². The van der Waals surface area contributed by atoms with Crippen LogP contribution in [0.4, 0.5) is 5.82 Å². The van der Waals surface area contributed by atoms with Gasteiger partial charge >= 0.3 is 0 Å². The number of hydrogen-bond donors (Lipinski definition) is 2. The van der Waals surface area contributed by atoms with Crippen LogP contribution in [0.3, 0.4) is 0 Å². The molecule has 6 nitrogen and oxygen atoms in total. The molecule has 0 saturated heterocycles. The molecule has 2 aromatic rings. The number of carbonyl (C=O) groups is 1. The highest BCUT2D eigenvalue weighted by Crippen LogP contribution is 2.47. The number of Topliss-reactive ketones (excluding diaryl/α,β-unsaturated/α-hetero) is 1. The zero-order valence-corrected chi connectivity index (χ0v) is 18.0. The number of fused-ring (bicyclic) bond motifs is 2. The molecule has 152 valence electrons. The van der Waals surface area contributed by atoms with Gasteiger partial charge in [0.1, 0.15) is 11.6 Å². The van der Waals surface area contributed by atoms with Gasteiger partial charge in [0, 0.05) is 35.7 Å². The Hall–Kier alpha value is -2.41. The average Bonchev–Trinajstić information content (AvgIpc) is 2.66. The zero-order chi connectivity index (χ0) is 20.8. The number of aromatic amines is 1. The number of nitrogens with one attached hydrogen (secondary N) is 2. The Morgan fingerprint density at radius 3 is 2.66 bits per heavy atom. The van der Waals surface area contributed by atoms with Crippen LogP contribution in [0.1, 0.15) is 57.6 Å². The number of allylic oxidation sites excluding steroid dienone is 2. The van der Waals surface area contributed by atoms with Crippen LogP contribution in [-0.4, -0.2) is 26.0 Å². The van der Waals surface area contributed by atoms with Crippen molar-refractivity contribution in [2.24, 2.45) is 11.3 Å². The van der Waals surface area contributed by atoms with Crippen LogP contribution >= 0.6 is 11.8 Å². The topological polar surface area (TPSA) is 87.7 Å². The molecule has 4 rings (SSSR count). The van der Waals surface area contributed by atoms with Gasteiger partial charge in [0.2, 0.25) is 0 Å². The third-order valence-electron chi connectivity index (χ3n) is 5.65. The second-order valence-corrected chi connectivity index (χ2v) is 9.99. The molecule has 1 aliphatic carbocycles. The van der Waals surface area contributed by atoms with Gasteiger partial charge < -0.3 is 10.3 Å². The van der Waals surface area contributed by atoms with E-state index in [0.29, 0.717) is 28.2 Å². The second-order valence-electron chi connectivity index (χ2n) is 8.56. The summed E-state index contributed by atoms with van der Waals surface area (Å²) >= 11 is 1.55.